The summed E-state index contributed by atoms with van der Waals surface area (Å²) in [6.07, 6.45) is 2.28. The van der Waals surface area contributed by atoms with Crippen LogP contribution in [0.4, 0.5) is 9.59 Å². The number of rotatable bonds is 24. The van der Waals surface area contributed by atoms with E-state index in [1.807, 2.05) is 176 Å². The zero-order valence-electron chi connectivity index (χ0n) is 93.3. The zero-order chi connectivity index (χ0) is 111. The number of fused-ring (bicyclic) bond motifs is 1. The summed E-state index contributed by atoms with van der Waals surface area (Å²) in [5.41, 5.74) is 10.7. The quantitative estimate of drug-likeness (QED) is 0.0154. The molecule has 5 saturated heterocycles. The van der Waals surface area contributed by atoms with E-state index in [0.717, 1.165) is 63.1 Å². The number of nitrogens with two attached hydrogens (primary N) is 1. The molecule has 10 N–H and O–H groups in total. The van der Waals surface area contributed by atoms with Gasteiger partial charge in [0.1, 0.15) is 76.5 Å². The molecule has 0 bridgehead atoms. The van der Waals surface area contributed by atoms with Gasteiger partial charge in [-0.25, -0.2) is 24.0 Å². The van der Waals surface area contributed by atoms with Crippen molar-refractivity contribution in [2.75, 3.05) is 54.6 Å². The number of halogens is 1. The van der Waals surface area contributed by atoms with Crippen LogP contribution in [0.3, 0.4) is 0 Å². The maximum atomic E-state index is 14.1. The van der Waals surface area contributed by atoms with Gasteiger partial charge in [-0.05, 0) is 255 Å². The minimum absolute atomic E-state index is 0. The first-order valence-electron chi connectivity index (χ1n) is 51.5. The van der Waals surface area contributed by atoms with E-state index >= 15 is 0 Å². The molecule has 5 heterocycles. The molecule has 8 aromatic carbocycles. The van der Waals surface area contributed by atoms with Crippen molar-refractivity contribution < 1.29 is 101 Å². The molecular formula is C118H167ClN8O21Si2. The lowest BCUT2D eigenvalue weighted by Crippen LogP contribution is -2.68. The van der Waals surface area contributed by atoms with E-state index in [-0.39, 0.29) is 98.6 Å². The largest absolute Gasteiger partial charge is 0.543 e. The van der Waals surface area contributed by atoms with Gasteiger partial charge in [0, 0.05) is 46.0 Å². The third-order valence-corrected chi connectivity index (χ3v) is 39.7. The van der Waals surface area contributed by atoms with Crippen LogP contribution in [0.15, 0.2) is 218 Å². The number of methoxy groups -OCH3 is 3. The molecule has 0 spiro atoms. The number of aliphatic carboxylic acids is 1. The number of nitrogens with zero attached hydrogens (tertiary/aromatic N) is 3. The van der Waals surface area contributed by atoms with Crippen molar-refractivity contribution in [3.8, 4) is 23.0 Å². The molecule has 5 fully saturated rings. The van der Waals surface area contributed by atoms with Crippen molar-refractivity contribution in [3.05, 3.63) is 263 Å². The van der Waals surface area contributed by atoms with Crippen molar-refractivity contribution in [2.24, 2.45) is 29.4 Å². The van der Waals surface area contributed by atoms with E-state index < -0.39 is 123 Å². The highest BCUT2D eigenvalue weighted by molar-refractivity contribution is 6.75. The standard InChI is InChI=1S/C35H52N2O6Si.C25H41NO5Si.C24H30N2O4.C23H26N2O3.C10H13NO2.CH4O.ClH/c1-24-23-37(32(40)42-33(2,3)4)29(30(38)36-28(31(39)41-9)20-25-16-13-12-14-17-25)22-35(24,8)26-18-15-19-27(21-26)43-44(10,11)34(5,6)7;1-17-16-26(22(29)30-23(2,3)4)20(21(27)28)15-25(17,8)18-12-11-13-19(14-18)31-32(9,10)24(5,6)7;1-16-15-25-21(14-24(16,2)18-10-7-11-19(27)13-18)22(28)26-20(23(29)30-3)12-17-8-5-4-6-9-17;1-15-14-25-20(13-23(15,2)17-9-6-10-18(26)12-17)21(27)24-19(22(25)28)11-16-7-4-3-5-8-16;1-13-10(12)9(11)7-8-5-3-2-4-6-8;1-2;/h12-19,21,24,28-29H,20,22-23H2,1-11H3,(H,36,38);11-14,17,20H,15-16H2,1-10H3,(H,27,28);4-11,13,16,20-21,25,27H,12,14-15H2,1-3H3,(H,26,28);3-10,12,15,19-20,26H,11,13-14H2,1-2H3,(H,24,27);2-6,9H,7,11H2,1H3;2H,1H3;1H/t24-,28-,29+,35+;17-,20+,25+;16-,20-,21+,24+;15-,19-,20+,23+;;;/m0000.../s1. The SMILES string of the molecule is CO.COC(=O)C(N)Cc1ccccc1.COC(=O)[C@H](Cc1ccccc1)NC(=O)[C@H]1C[C@@](C)(c2cccc(O)c2)[C@@H](C)CN1.COC(=O)[C@H](Cc1ccccc1)NC(=O)[C@H]1C[C@@](C)(c2cccc(O[Si](C)(C)C(C)(C)C)c2)[C@@H](C)CN1C(=O)OC(C)(C)C.C[C@H]1CN(C(=O)OC(C)(C)C)[C@@H](C(=O)O)C[C@@]1(C)c1cccc(O[Si](C)(C)C(C)(C)C)c1.C[C@H]1CN2C(=O)[C@H](Cc3ccccc3)NC(=O)[C@H]2C[C@@]1(C)c1cccc(O)c1.Cl. The average Bonchev–Trinajstić information content (AvgIpc) is 0.726. The number of piperazine rings is 1. The van der Waals surface area contributed by atoms with E-state index in [2.05, 4.69) is 167 Å². The molecule has 0 aliphatic carbocycles. The lowest BCUT2D eigenvalue weighted by atomic mass is 9.65. The molecule has 150 heavy (non-hydrogen) atoms. The number of piperidine rings is 4. The van der Waals surface area contributed by atoms with E-state index in [9.17, 15) is 63.3 Å². The van der Waals surface area contributed by atoms with Crippen molar-refractivity contribution in [2.45, 2.75) is 307 Å². The highest BCUT2D eigenvalue weighted by Crippen LogP contribution is 2.50. The Morgan fingerprint density at radius 3 is 1.17 bits per heavy atom. The van der Waals surface area contributed by atoms with Crippen molar-refractivity contribution in [3.63, 3.8) is 0 Å². The molecule has 5 aliphatic heterocycles. The molecule has 5 aliphatic rings. The topological polar surface area (TPSA) is 400 Å². The molecule has 6 amide bonds. The van der Waals surface area contributed by atoms with Crippen LogP contribution in [0.2, 0.25) is 36.3 Å². The van der Waals surface area contributed by atoms with Gasteiger partial charge in [0.25, 0.3) is 0 Å². The number of phenolic OH excluding ortho intramolecular Hbond substituents is 2. The molecule has 32 heteroatoms. The van der Waals surface area contributed by atoms with Crippen LogP contribution in [-0.4, -0.2) is 226 Å². The monoisotopic (exact) mass is 2120 g/mol. The Bertz CT molecular complexity index is 5800. The van der Waals surface area contributed by atoms with Gasteiger partial charge in [0.2, 0.25) is 40.3 Å². The fraction of sp³-hybridized carbons (Fsp3) is 0.508. The molecular weight excluding hydrogens is 1960 g/mol. The lowest BCUT2D eigenvalue weighted by molar-refractivity contribution is -0.154. The highest BCUT2D eigenvalue weighted by atomic mass is 35.5. The molecule has 1 unspecified atom stereocenters. The van der Waals surface area contributed by atoms with E-state index in [0.29, 0.717) is 71.1 Å². The van der Waals surface area contributed by atoms with E-state index in [4.69, 9.17) is 38.6 Å². The second-order valence-corrected chi connectivity index (χ2v) is 55.6. The second-order valence-electron chi connectivity index (χ2n) is 46.2. The summed E-state index contributed by atoms with van der Waals surface area (Å²) in [5, 5.41) is 48.9. The predicted molar refractivity (Wildman–Crippen MR) is 593 cm³/mol. The number of hydrogen-bond acceptors (Lipinski definition) is 22. The summed E-state index contributed by atoms with van der Waals surface area (Å²) in [7, 11) is 0.884. The predicted octanol–water partition coefficient (Wildman–Crippen LogP) is 18.9. The highest BCUT2D eigenvalue weighted by Gasteiger charge is 2.54. The Morgan fingerprint density at radius 2 is 0.793 bits per heavy atom. The van der Waals surface area contributed by atoms with Gasteiger partial charge in [0.05, 0.1) is 27.4 Å². The average molecular weight is 2130 g/mol. The Morgan fingerprint density at radius 1 is 0.447 bits per heavy atom. The summed E-state index contributed by atoms with van der Waals surface area (Å²) in [5.74, 6) is -0.596. The van der Waals surface area contributed by atoms with Crippen LogP contribution < -0.4 is 35.9 Å². The maximum Gasteiger partial charge on any atom is 0.411 e. The Hall–Kier alpha value is -12.1. The first-order valence-corrected chi connectivity index (χ1v) is 57.4. The van der Waals surface area contributed by atoms with Gasteiger partial charge >= 0.3 is 36.1 Å². The van der Waals surface area contributed by atoms with Crippen LogP contribution in [0.25, 0.3) is 0 Å². The minimum atomic E-state index is -2.08. The molecule has 13 rings (SSSR count). The van der Waals surface area contributed by atoms with Gasteiger partial charge in [-0.3, -0.25) is 33.8 Å². The van der Waals surface area contributed by atoms with Gasteiger partial charge in [-0.2, -0.15) is 0 Å². The summed E-state index contributed by atoms with van der Waals surface area (Å²) in [6.45, 7) is 51.6. The maximum absolute atomic E-state index is 14.1. The molecule has 820 valence electrons. The summed E-state index contributed by atoms with van der Waals surface area (Å²) in [6, 6.07) is 63.6. The third kappa shape index (κ3) is 33.2. The fourth-order valence-corrected chi connectivity index (χ4v) is 21.0. The lowest BCUT2D eigenvalue weighted by Gasteiger charge is -2.51. The first-order chi connectivity index (χ1) is 69.6. The second kappa shape index (κ2) is 53.2. The number of esters is 3. The Kier molecular flexibility index (Phi) is 44.3. The number of aliphatic hydroxyl groups excluding tert-OH is 1. The van der Waals surface area contributed by atoms with Gasteiger partial charge in [-0.15, -0.1) is 12.4 Å². The fourth-order valence-electron chi connectivity index (χ4n) is 19.0. The van der Waals surface area contributed by atoms with Crippen LogP contribution in [0, 0.1) is 23.7 Å². The number of aliphatic hydroxyl groups is 1. The third-order valence-electron chi connectivity index (χ3n) is 31.0. The molecule has 29 nitrogen and oxygen atoms in total. The van der Waals surface area contributed by atoms with E-state index in [1.165, 1.54) is 31.1 Å². The number of likely N-dealkylation sites (tertiary alicyclic amines) is 2. The van der Waals surface area contributed by atoms with Gasteiger partial charge < -0.3 is 84.9 Å². The number of carbonyl (C=O) groups excluding carboxylic acids is 9. The Labute approximate surface area is 897 Å². The van der Waals surface area contributed by atoms with Crippen LogP contribution in [-0.2, 0) is 109 Å². The van der Waals surface area contributed by atoms with Crippen LogP contribution in [0.5, 0.6) is 23.0 Å². The summed E-state index contributed by atoms with van der Waals surface area (Å²) >= 11 is 0. The zero-order valence-corrected chi connectivity index (χ0v) is 96.1. The van der Waals surface area contributed by atoms with Crippen LogP contribution >= 0.6 is 12.4 Å². The summed E-state index contributed by atoms with van der Waals surface area (Å²) in [4.78, 5) is 132. The van der Waals surface area contributed by atoms with E-state index in [1.54, 1.807) is 70.7 Å². The number of aromatic hydroxyl groups is 2. The van der Waals surface area contributed by atoms with Crippen LogP contribution in [0.1, 0.15) is 209 Å². The summed E-state index contributed by atoms with van der Waals surface area (Å²) < 4.78 is 38.9. The molecule has 8 aromatic rings. The number of amides is 6. The Balaban J connectivity index is 0.000000261. The molecule has 0 saturated carbocycles. The number of benzene rings is 8. The van der Waals surface area contributed by atoms with Crippen molar-refractivity contribution >= 4 is 88.7 Å². The number of ether oxygens (including phenoxy) is 5. The van der Waals surface area contributed by atoms with Crippen molar-refractivity contribution in [1.82, 2.24) is 36.0 Å². The van der Waals surface area contributed by atoms with Gasteiger partial charge in [-0.1, -0.05) is 267 Å². The number of nitrogens with one attached hydrogen (secondary N) is 4. The number of carbonyl (C=O) groups is 10. The molecule has 0 radical (unpaired) electrons. The van der Waals surface area contributed by atoms with Crippen molar-refractivity contribution in [1.29, 1.82) is 0 Å². The number of carboxylic acids is 1. The first kappa shape index (κ1) is 125. The molecule has 16 atom stereocenters. The smallest absolute Gasteiger partial charge is 0.411 e. The number of phenols is 2. The van der Waals surface area contributed by atoms with Gasteiger partial charge in [0.15, 0.2) is 0 Å². The molecule has 0 aromatic heterocycles. The minimum Gasteiger partial charge on any atom is -0.543 e. The number of carboxylic acid groups (broad SMARTS) is 1. The normalized spacial score (nSPS) is 23.2. The number of hydrogen-bond donors (Lipinski definition) is 9.